The number of hydrogen-bond acceptors (Lipinski definition) is 2. The van der Waals surface area contributed by atoms with Crippen molar-refractivity contribution in [2.45, 2.75) is 25.8 Å². The molecule has 0 fully saturated rings. The quantitative estimate of drug-likeness (QED) is 0.770. The fourth-order valence-electron chi connectivity index (χ4n) is 2.27. The lowest BCUT2D eigenvalue weighted by molar-refractivity contribution is 0.236. The number of halogens is 1. The maximum atomic E-state index is 12.1. The third-order valence-corrected chi connectivity index (χ3v) is 3.55. The lowest BCUT2D eigenvalue weighted by Gasteiger charge is -2.19. The van der Waals surface area contributed by atoms with E-state index in [0.29, 0.717) is 19.4 Å². The first-order valence-corrected chi connectivity index (χ1v) is 7.75. The summed E-state index contributed by atoms with van der Waals surface area (Å²) in [4.78, 5) is 16.1. The maximum Gasteiger partial charge on any atom is 0.315 e. The van der Waals surface area contributed by atoms with Crippen LogP contribution in [0.2, 0.25) is 0 Å². The number of carbonyl (C=O) groups is 1. The number of alkyl halides is 1. The molecule has 23 heavy (non-hydrogen) atoms. The van der Waals surface area contributed by atoms with Crippen molar-refractivity contribution < 1.29 is 9.18 Å². The van der Waals surface area contributed by atoms with Crippen molar-refractivity contribution in [3.8, 4) is 0 Å². The molecule has 2 N–H and O–H groups in total. The van der Waals surface area contributed by atoms with E-state index in [1.165, 1.54) is 5.56 Å². The Labute approximate surface area is 136 Å². The number of carbonyl (C=O) groups excluding carboxylic acids is 1. The van der Waals surface area contributed by atoms with E-state index in [0.717, 1.165) is 11.1 Å². The van der Waals surface area contributed by atoms with Crippen molar-refractivity contribution in [1.82, 2.24) is 15.6 Å². The molecule has 0 saturated carbocycles. The number of benzene rings is 1. The summed E-state index contributed by atoms with van der Waals surface area (Å²) in [6, 6.07) is 11.5. The van der Waals surface area contributed by atoms with Crippen LogP contribution in [0.15, 0.2) is 48.8 Å². The molecule has 1 heterocycles. The third kappa shape index (κ3) is 5.70. The van der Waals surface area contributed by atoms with Gasteiger partial charge in [0, 0.05) is 18.9 Å². The van der Waals surface area contributed by atoms with Gasteiger partial charge in [-0.2, -0.15) is 0 Å². The Hall–Kier alpha value is -2.43. The highest BCUT2D eigenvalue weighted by Gasteiger charge is 2.15. The number of rotatable bonds is 7. The summed E-state index contributed by atoms with van der Waals surface area (Å²) in [5.74, 6) is 0. The highest BCUT2D eigenvalue weighted by Crippen LogP contribution is 2.18. The van der Waals surface area contributed by atoms with E-state index in [9.17, 15) is 9.18 Å². The Bertz CT molecular complexity index is 601. The number of nitrogens with zero attached hydrogens (tertiary/aromatic N) is 1. The average Bonchev–Trinajstić information content (AvgIpc) is 2.57. The molecule has 0 aliphatic rings. The molecule has 5 heteroatoms. The van der Waals surface area contributed by atoms with Crippen LogP contribution in [0.5, 0.6) is 0 Å². The van der Waals surface area contributed by atoms with Crippen LogP contribution in [0.1, 0.15) is 29.2 Å². The first-order valence-electron chi connectivity index (χ1n) is 7.75. The Balaban J connectivity index is 2.06. The number of pyridine rings is 1. The highest BCUT2D eigenvalue weighted by atomic mass is 19.1. The van der Waals surface area contributed by atoms with Crippen LogP contribution >= 0.6 is 0 Å². The SMILES string of the molecule is Cc1ccc(C[C@H](NC(=O)NCCCF)c2cccnc2)cc1. The second-order valence-corrected chi connectivity index (χ2v) is 5.47. The normalized spacial score (nSPS) is 11.7. The molecule has 2 aromatic rings. The summed E-state index contributed by atoms with van der Waals surface area (Å²) in [6.07, 6.45) is 4.44. The molecule has 0 aliphatic carbocycles. The summed E-state index contributed by atoms with van der Waals surface area (Å²) >= 11 is 0. The second-order valence-electron chi connectivity index (χ2n) is 5.47. The molecule has 0 spiro atoms. The van der Waals surface area contributed by atoms with Gasteiger partial charge in [0.1, 0.15) is 0 Å². The standard InChI is InChI=1S/C18H22FN3O/c1-14-5-7-15(8-6-14)12-17(16-4-2-10-20-13-16)22-18(23)21-11-3-9-19/h2,4-8,10,13,17H,3,9,11-12H2,1H3,(H2,21,22,23)/t17-/m0/s1. The van der Waals surface area contributed by atoms with Crippen molar-refractivity contribution in [1.29, 1.82) is 0 Å². The van der Waals surface area contributed by atoms with Gasteiger partial charge in [-0.05, 0) is 37.0 Å². The van der Waals surface area contributed by atoms with Crippen molar-refractivity contribution in [2.75, 3.05) is 13.2 Å². The molecule has 0 saturated heterocycles. The van der Waals surface area contributed by atoms with Crippen LogP contribution in [0.3, 0.4) is 0 Å². The summed E-state index contributed by atoms with van der Waals surface area (Å²) < 4.78 is 12.1. The van der Waals surface area contributed by atoms with Crippen molar-refractivity contribution >= 4 is 6.03 Å². The predicted molar refractivity (Wildman–Crippen MR) is 89.0 cm³/mol. The minimum Gasteiger partial charge on any atom is -0.338 e. The van der Waals surface area contributed by atoms with Gasteiger partial charge in [0.15, 0.2) is 0 Å². The molecule has 2 amide bonds. The van der Waals surface area contributed by atoms with Gasteiger partial charge in [-0.15, -0.1) is 0 Å². The van der Waals surface area contributed by atoms with Crippen LogP contribution in [0.4, 0.5) is 9.18 Å². The summed E-state index contributed by atoms with van der Waals surface area (Å²) in [5.41, 5.74) is 3.27. The van der Waals surface area contributed by atoms with Crippen LogP contribution in [-0.2, 0) is 6.42 Å². The third-order valence-electron chi connectivity index (χ3n) is 3.55. The highest BCUT2D eigenvalue weighted by molar-refractivity contribution is 5.74. The second kappa shape index (κ2) is 8.88. The molecule has 1 aromatic heterocycles. The molecule has 0 bridgehead atoms. The molecule has 2 rings (SSSR count). The molecule has 1 atom stereocenters. The first kappa shape index (κ1) is 16.9. The van der Waals surface area contributed by atoms with Crippen LogP contribution < -0.4 is 10.6 Å². The number of aryl methyl sites for hydroxylation is 1. The Morgan fingerprint density at radius 2 is 2.04 bits per heavy atom. The van der Waals surface area contributed by atoms with Gasteiger partial charge in [0.05, 0.1) is 12.7 Å². The molecular formula is C18H22FN3O. The molecule has 122 valence electrons. The minimum atomic E-state index is -0.435. The summed E-state index contributed by atoms with van der Waals surface area (Å²) in [5, 5.41) is 5.61. The van der Waals surface area contributed by atoms with E-state index < -0.39 is 6.67 Å². The largest absolute Gasteiger partial charge is 0.338 e. The number of aromatic nitrogens is 1. The molecule has 0 aliphatic heterocycles. The van der Waals surface area contributed by atoms with Gasteiger partial charge in [0.2, 0.25) is 0 Å². The van der Waals surface area contributed by atoms with Crippen LogP contribution in [0, 0.1) is 6.92 Å². The Kier molecular flexibility index (Phi) is 6.54. The maximum absolute atomic E-state index is 12.1. The fourth-order valence-corrected chi connectivity index (χ4v) is 2.27. The van der Waals surface area contributed by atoms with Gasteiger partial charge >= 0.3 is 6.03 Å². The van der Waals surface area contributed by atoms with Gasteiger partial charge in [-0.25, -0.2) is 4.79 Å². The van der Waals surface area contributed by atoms with Gasteiger partial charge in [-0.3, -0.25) is 9.37 Å². The van der Waals surface area contributed by atoms with Gasteiger partial charge < -0.3 is 10.6 Å². The molecule has 0 radical (unpaired) electrons. The number of urea groups is 1. The van der Waals surface area contributed by atoms with Gasteiger partial charge in [0.25, 0.3) is 0 Å². The van der Waals surface area contributed by atoms with Crippen molar-refractivity contribution in [3.05, 3.63) is 65.5 Å². The van der Waals surface area contributed by atoms with Crippen LogP contribution in [0.25, 0.3) is 0 Å². The van der Waals surface area contributed by atoms with E-state index in [1.807, 2.05) is 19.1 Å². The topological polar surface area (TPSA) is 54.0 Å². The van der Waals surface area contributed by atoms with E-state index in [2.05, 4.69) is 39.9 Å². The smallest absolute Gasteiger partial charge is 0.315 e. The number of amides is 2. The van der Waals surface area contributed by atoms with E-state index in [1.54, 1.807) is 12.4 Å². The average molecular weight is 315 g/mol. The Morgan fingerprint density at radius 1 is 1.26 bits per heavy atom. The van der Waals surface area contributed by atoms with E-state index >= 15 is 0 Å². The predicted octanol–water partition coefficient (Wildman–Crippen LogP) is 3.33. The molecular weight excluding hydrogens is 293 g/mol. The van der Waals surface area contributed by atoms with Crippen molar-refractivity contribution in [2.24, 2.45) is 0 Å². The lowest BCUT2D eigenvalue weighted by Crippen LogP contribution is -2.39. The molecule has 0 unspecified atom stereocenters. The molecule has 1 aromatic carbocycles. The van der Waals surface area contributed by atoms with E-state index in [-0.39, 0.29) is 12.1 Å². The van der Waals surface area contributed by atoms with Gasteiger partial charge in [-0.1, -0.05) is 35.9 Å². The zero-order chi connectivity index (χ0) is 16.5. The monoisotopic (exact) mass is 315 g/mol. The minimum absolute atomic E-state index is 0.184. The summed E-state index contributed by atoms with van der Waals surface area (Å²) in [7, 11) is 0. The summed E-state index contributed by atoms with van der Waals surface area (Å²) in [6.45, 7) is 1.93. The Morgan fingerprint density at radius 3 is 2.70 bits per heavy atom. The number of nitrogens with one attached hydrogen (secondary N) is 2. The first-order chi connectivity index (χ1) is 11.2. The van der Waals surface area contributed by atoms with Crippen LogP contribution in [-0.4, -0.2) is 24.2 Å². The van der Waals surface area contributed by atoms with E-state index in [4.69, 9.17) is 0 Å². The fraction of sp³-hybridized carbons (Fsp3) is 0.333. The number of hydrogen-bond donors (Lipinski definition) is 2. The lowest BCUT2D eigenvalue weighted by atomic mass is 9.99. The zero-order valence-corrected chi connectivity index (χ0v) is 13.3. The molecule has 4 nitrogen and oxygen atoms in total. The zero-order valence-electron chi connectivity index (χ0n) is 13.3. The van der Waals surface area contributed by atoms with Crippen molar-refractivity contribution in [3.63, 3.8) is 0 Å².